The van der Waals surface area contributed by atoms with Crippen LogP contribution in [0.15, 0.2) is 40.8 Å². The van der Waals surface area contributed by atoms with Gasteiger partial charge in [0.05, 0.1) is 30.4 Å². The topological polar surface area (TPSA) is 95.7 Å². The number of aromatic nitrogens is 2. The number of benzene rings is 2. The maximum atomic E-state index is 12.8. The Bertz CT molecular complexity index is 994. The SMILES string of the molecule is CCOc1cc(C(=O)Nc2nnc(-c3ccccc3Cl)o2)cc(OCC)c1OCC. The zero-order chi connectivity index (χ0) is 21.5. The first-order chi connectivity index (χ1) is 14.6. The molecule has 0 atom stereocenters. The second kappa shape index (κ2) is 9.98. The van der Waals surface area contributed by atoms with Gasteiger partial charge in [0.2, 0.25) is 5.75 Å². The third kappa shape index (κ3) is 4.83. The van der Waals surface area contributed by atoms with E-state index in [1.54, 1.807) is 36.4 Å². The predicted molar refractivity (Wildman–Crippen MR) is 113 cm³/mol. The standard InChI is InChI=1S/C21H22ClN3O5/c1-4-27-16-11-13(12-17(28-5-2)18(16)29-6-3)19(26)23-21-25-24-20(30-21)14-9-7-8-10-15(14)22/h7-12H,4-6H2,1-3H3,(H,23,25,26). The molecule has 0 saturated carbocycles. The number of nitrogens with one attached hydrogen (secondary N) is 1. The number of anilines is 1. The highest BCUT2D eigenvalue weighted by Gasteiger charge is 2.20. The number of hydrogen-bond donors (Lipinski definition) is 1. The fraction of sp³-hybridized carbons (Fsp3) is 0.286. The Morgan fingerprint density at radius 2 is 1.63 bits per heavy atom. The normalized spacial score (nSPS) is 10.5. The summed E-state index contributed by atoms with van der Waals surface area (Å²) in [6.45, 7) is 6.79. The van der Waals surface area contributed by atoms with Crippen molar-refractivity contribution in [2.75, 3.05) is 25.1 Å². The lowest BCUT2D eigenvalue weighted by atomic mass is 10.1. The molecule has 3 aromatic rings. The van der Waals surface area contributed by atoms with E-state index in [9.17, 15) is 4.79 Å². The Morgan fingerprint density at radius 3 is 2.23 bits per heavy atom. The van der Waals surface area contributed by atoms with Gasteiger partial charge in [0, 0.05) is 5.56 Å². The Kier molecular flexibility index (Phi) is 7.13. The van der Waals surface area contributed by atoms with Gasteiger partial charge in [-0.25, -0.2) is 0 Å². The Morgan fingerprint density at radius 1 is 1.00 bits per heavy atom. The van der Waals surface area contributed by atoms with Crippen molar-refractivity contribution in [3.05, 3.63) is 47.0 Å². The second-order valence-corrected chi connectivity index (χ2v) is 6.35. The number of nitrogens with zero attached hydrogens (tertiary/aromatic N) is 2. The summed E-state index contributed by atoms with van der Waals surface area (Å²) in [4.78, 5) is 12.8. The molecule has 0 fully saturated rings. The van der Waals surface area contributed by atoms with Crippen LogP contribution in [0, 0.1) is 0 Å². The summed E-state index contributed by atoms with van der Waals surface area (Å²) in [6, 6.07) is 10.2. The van der Waals surface area contributed by atoms with Gasteiger partial charge in [0.25, 0.3) is 11.8 Å². The molecule has 0 saturated heterocycles. The molecule has 9 heteroatoms. The first-order valence-electron chi connectivity index (χ1n) is 9.53. The average molecular weight is 432 g/mol. The molecule has 1 heterocycles. The van der Waals surface area contributed by atoms with E-state index >= 15 is 0 Å². The van der Waals surface area contributed by atoms with Crippen molar-refractivity contribution in [3.8, 4) is 28.7 Å². The van der Waals surface area contributed by atoms with Crippen LogP contribution in [0.25, 0.3) is 11.5 Å². The van der Waals surface area contributed by atoms with Gasteiger partial charge in [0.15, 0.2) is 11.5 Å². The minimum absolute atomic E-state index is 0.0558. The van der Waals surface area contributed by atoms with Crippen molar-refractivity contribution in [3.63, 3.8) is 0 Å². The van der Waals surface area contributed by atoms with Crippen LogP contribution in [0.5, 0.6) is 17.2 Å². The van der Waals surface area contributed by atoms with Gasteiger partial charge in [-0.1, -0.05) is 28.8 Å². The van der Waals surface area contributed by atoms with Crippen molar-refractivity contribution in [2.45, 2.75) is 20.8 Å². The Labute approximate surface area is 179 Å². The quantitative estimate of drug-likeness (QED) is 0.517. The number of ether oxygens (including phenoxy) is 3. The molecule has 0 bridgehead atoms. The highest BCUT2D eigenvalue weighted by molar-refractivity contribution is 6.33. The van der Waals surface area contributed by atoms with E-state index in [0.717, 1.165) is 0 Å². The molecule has 3 rings (SSSR count). The average Bonchev–Trinajstić information content (AvgIpc) is 3.19. The van der Waals surface area contributed by atoms with Crippen molar-refractivity contribution < 1.29 is 23.4 Å². The fourth-order valence-electron chi connectivity index (χ4n) is 2.71. The molecular weight excluding hydrogens is 410 g/mol. The molecule has 0 unspecified atom stereocenters. The lowest BCUT2D eigenvalue weighted by molar-refractivity contribution is 0.102. The maximum Gasteiger partial charge on any atom is 0.322 e. The molecule has 8 nitrogen and oxygen atoms in total. The zero-order valence-corrected chi connectivity index (χ0v) is 17.7. The van der Waals surface area contributed by atoms with Crippen LogP contribution < -0.4 is 19.5 Å². The van der Waals surface area contributed by atoms with E-state index in [4.69, 9.17) is 30.2 Å². The molecular formula is C21H22ClN3O5. The first kappa shape index (κ1) is 21.4. The zero-order valence-electron chi connectivity index (χ0n) is 16.9. The van der Waals surface area contributed by atoms with Crippen molar-refractivity contribution in [1.29, 1.82) is 0 Å². The predicted octanol–water partition coefficient (Wildman–Crippen LogP) is 4.84. The summed E-state index contributed by atoms with van der Waals surface area (Å²) in [7, 11) is 0. The van der Waals surface area contributed by atoms with Crippen LogP contribution in [0.4, 0.5) is 6.01 Å². The van der Waals surface area contributed by atoms with Crippen LogP contribution in [-0.4, -0.2) is 35.9 Å². The number of amides is 1. The van der Waals surface area contributed by atoms with Gasteiger partial charge in [-0.15, -0.1) is 5.10 Å². The maximum absolute atomic E-state index is 12.8. The molecule has 0 aliphatic heterocycles. The van der Waals surface area contributed by atoms with Gasteiger partial charge in [-0.2, -0.15) is 0 Å². The molecule has 0 radical (unpaired) electrons. The lowest BCUT2D eigenvalue weighted by Crippen LogP contribution is -2.13. The summed E-state index contributed by atoms with van der Waals surface area (Å²) in [6.07, 6.45) is 0. The number of rotatable bonds is 9. The molecule has 158 valence electrons. The van der Waals surface area contributed by atoms with Crippen LogP contribution in [0.1, 0.15) is 31.1 Å². The summed E-state index contributed by atoms with van der Waals surface area (Å²) < 4.78 is 22.5. The molecule has 30 heavy (non-hydrogen) atoms. The minimum Gasteiger partial charge on any atom is -0.490 e. The molecule has 1 amide bonds. The number of carbonyl (C=O) groups is 1. The van der Waals surface area contributed by atoms with Gasteiger partial charge in [-0.3, -0.25) is 10.1 Å². The van der Waals surface area contributed by atoms with E-state index in [1.807, 2.05) is 20.8 Å². The van der Waals surface area contributed by atoms with E-state index in [0.29, 0.717) is 53.2 Å². The molecule has 1 aromatic heterocycles. The number of carbonyl (C=O) groups excluding carboxylic acids is 1. The van der Waals surface area contributed by atoms with Gasteiger partial charge >= 0.3 is 6.01 Å². The summed E-state index contributed by atoms with van der Waals surface area (Å²) in [5.74, 6) is 1.02. The fourth-order valence-corrected chi connectivity index (χ4v) is 2.92. The van der Waals surface area contributed by atoms with E-state index in [-0.39, 0.29) is 11.9 Å². The molecule has 1 N–H and O–H groups in total. The summed E-state index contributed by atoms with van der Waals surface area (Å²) >= 11 is 6.15. The Balaban J connectivity index is 1.87. The van der Waals surface area contributed by atoms with Crippen molar-refractivity contribution in [2.24, 2.45) is 0 Å². The van der Waals surface area contributed by atoms with Crippen molar-refractivity contribution >= 4 is 23.5 Å². The largest absolute Gasteiger partial charge is 0.490 e. The third-order valence-electron chi connectivity index (χ3n) is 3.92. The lowest BCUT2D eigenvalue weighted by Gasteiger charge is -2.16. The van der Waals surface area contributed by atoms with Crippen LogP contribution in [0.2, 0.25) is 5.02 Å². The first-order valence-corrected chi connectivity index (χ1v) is 9.91. The van der Waals surface area contributed by atoms with Crippen LogP contribution >= 0.6 is 11.6 Å². The van der Waals surface area contributed by atoms with Crippen molar-refractivity contribution in [1.82, 2.24) is 10.2 Å². The van der Waals surface area contributed by atoms with Crippen LogP contribution in [0.3, 0.4) is 0 Å². The number of hydrogen-bond acceptors (Lipinski definition) is 7. The van der Waals surface area contributed by atoms with Gasteiger partial charge in [0.1, 0.15) is 0 Å². The summed E-state index contributed by atoms with van der Waals surface area (Å²) in [5, 5.41) is 10.9. The van der Waals surface area contributed by atoms with Crippen LogP contribution in [-0.2, 0) is 0 Å². The van der Waals surface area contributed by atoms with E-state index in [1.165, 1.54) is 0 Å². The van der Waals surface area contributed by atoms with Gasteiger partial charge < -0.3 is 18.6 Å². The van der Waals surface area contributed by atoms with E-state index < -0.39 is 5.91 Å². The molecule has 0 aliphatic rings. The molecule has 0 aliphatic carbocycles. The third-order valence-corrected chi connectivity index (χ3v) is 4.25. The highest BCUT2D eigenvalue weighted by atomic mass is 35.5. The second-order valence-electron chi connectivity index (χ2n) is 5.95. The molecule has 0 spiro atoms. The molecule has 2 aromatic carbocycles. The minimum atomic E-state index is -0.464. The summed E-state index contributed by atoms with van der Waals surface area (Å²) in [5.41, 5.74) is 0.869. The monoisotopic (exact) mass is 431 g/mol. The van der Waals surface area contributed by atoms with E-state index in [2.05, 4.69) is 15.5 Å². The Hall–Kier alpha value is -3.26. The van der Waals surface area contributed by atoms with Gasteiger partial charge in [-0.05, 0) is 45.0 Å². The number of halogens is 1. The highest BCUT2D eigenvalue weighted by Crippen LogP contribution is 2.39. The smallest absolute Gasteiger partial charge is 0.322 e.